The number of nitrogens with zero attached hydrogens (tertiary/aromatic N) is 1. The zero-order valence-corrected chi connectivity index (χ0v) is 9.70. The van der Waals surface area contributed by atoms with Crippen molar-refractivity contribution < 1.29 is 19.2 Å². The van der Waals surface area contributed by atoms with E-state index in [9.17, 15) is 14.9 Å². The highest BCUT2D eigenvalue weighted by atomic mass is 16.6. The van der Waals surface area contributed by atoms with Gasteiger partial charge in [-0.3, -0.25) is 14.9 Å². The van der Waals surface area contributed by atoms with Gasteiger partial charge in [-0.15, -0.1) is 0 Å². The van der Waals surface area contributed by atoms with Gasteiger partial charge in [0.1, 0.15) is 6.61 Å². The van der Waals surface area contributed by atoms with Crippen LogP contribution >= 0.6 is 0 Å². The number of ether oxygens (including phenoxy) is 2. The molecule has 1 saturated heterocycles. The minimum atomic E-state index is -0.525. The molecule has 0 N–H and O–H groups in total. The van der Waals surface area contributed by atoms with E-state index in [2.05, 4.69) is 0 Å². The first-order chi connectivity index (χ1) is 8.66. The van der Waals surface area contributed by atoms with Crippen molar-refractivity contribution >= 4 is 11.5 Å². The van der Waals surface area contributed by atoms with Crippen LogP contribution in [0.4, 0.5) is 5.69 Å². The Morgan fingerprint density at radius 3 is 3.06 bits per heavy atom. The molecule has 6 nitrogen and oxygen atoms in total. The largest absolute Gasteiger partial charge is 0.379 e. The minimum Gasteiger partial charge on any atom is -0.379 e. The standard InChI is InChI=1S/C12H13NO5/c14-12(8-18-11-4-5-17-7-11)9-2-1-3-10(6-9)13(15)16/h1-3,6,11H,4-5,7-8H2. The average Bonchev–Trinajstić information content (AvgIpc) is 2.89. The van der Waals surface area contributed by atoms with Crippen LogP contribution in [-0.4, -0.2) is 36.6 Å². The van der Waals surface area contributed by atoms with Crippen LogP contribution in [0.3, 0.4) is 0 Å². The van der Waals surface area contributed by atoms with Gasteiger partial charge in [-0.25, -0.2) is 0 Å². The number of hydrogen-bond donors (Lipinski definition) is 0. The summed E-state index contributed by atoms with van der Waals surface area (Å²) >= 11 is 0. The van der Waals surface area contributed by atoms with Crippen molar-refractivity contribution in [2.75, 3.05) is 19.8 Å². The van der Waals surface area contributed by atoms with E-state index in [1.165, 1.54) is 18.2 Å². The predicted octanol–water partition coefficient (Wildman–Crippen LogP) is 1.58. The van der Waals surface area contributed by atoms with E-state index in [1.54, 1.807) is 6.07 Å². The van der Waals surface area contributed by atoms with Gasteiger partial charge in [0.15, 0.2) is 5.78 Å². The number of hydrogen-bond acceptors (Lipinski definition) is 5. The van der Waals surface area contributed by atoms with Crippen molar-refractivity contribution in [3.8, 4) is 0 Å². The second kappa shape index (κ2) is 5.70. The van der Waals surface area contributed by atoms with Crippen molar-refractivity contribution in [3.63, 3.8) is 0 Å². The molecule has 1 fully saturated rings. The van der Waals surface area contributed by atoms with Crippen molar-refractivity contribution in [2.45, 2.75) is 12.5 Å². The van der Waals surface area contributed by atoms with Crippen LogP contribution in [0.15, 0.2) is 24.3 Å². The molecule has 0 spiro atoms. The van der Waals surface area contributed by atoms with Crippen LogP contribution in [0.5, 0.6) is 0 Å². The second-order valence-electron chi connectivity index (χ2n) is 4.03. The first-order valence-electron chi connectivity index (χ1n) is 5.64. The number of Topliss-reactive ketones (excluding diaryl/α,β-unsaturated/α-hetero) is 1. The van der Waals surface area contributed by atoms with E-state index in [1.807, 2.05) is 0 Å². The van der Waals surface area contributed by atoms with Gasteiger partial charge >= 0.3 is 0 Å². The molecule has 0 bridgehead atoms. The van der Waals surface area contributed by atoms with E-state index in [0.717, 1.165) is 6.42 Å². The third-order valence-electron chi connectivity index (χ3n) is 2.72. The van der Waals surface area contributed by atoms with E-state index in [-0.39, 0.29) is 24.2 Å². The molecule has 1 heterocycles. The maximum absolute atomic E-state index is 11.8. The summed E-state index contributed by atoms with van der Waals surface area (Å²) in [5.41, 5.74) is 0.202. The number of ketones is 1. The first kappa shape index (κ1) is 12.7. The summed E-state index contributed by atoms with van der Waals surface area (Å²) in [7, 11) is 0. The summed E-state index contributed by atoms with van der Waals surface area (Å²) in [6, 6.07) is 5.65. The van der Waals surface area contributed by atoms with Gasteiger partial charge in [-0.2, -0.15) is 0 Å². The Labute approximate surface area is 104 Å². The molecular weight excluding hydrogens is 238 g/mol. The molecule has 0 radical (unpaired) electrons. The summed E-state index contributed by atoms with van der Waals surface area (Å²) in [4.78, 5) is 21.9. The van der Waals surface area contributed by atoms with Gasteiger partial charge < -0.3 is 9.47 Å². The topological polar surface area (TPSA) is 78.7 Å². The molecule has 0 saturated carbocycles. The lowest BCUT2D eigenvalue weighted by Gasteiger charge is -2.08. The molecule has 1 aliphatic heterocycles. The molecule has 6 heteroatoms. The molecule has 0 amide bonds. The molecule has 0 aliphatic carbocycles. The molecule has 1 unspecified atom stereocenters. The summed E-state index contributed by atoms with van der Waals surface area (Å²) in [5, 5.41) is 10.6. The van der Waals surface area contributed by atoms with Crippen LogP contribution in [0.1, 0.15) is 16.8 Å². The molecule has 2 rings (SSSR count). The van der Waals surface area contributed by atoms with Crippen molar-refractivity contribution in [3.05, 3.63) is 39.9 Å². The van der Waals surface area contributed by atoms with E-state index in [4.69, 9.17) is 9.47 Å². The molecule has 0 aromatic heterocycles. The summed E-state index contributed by atoms with van der Waals surface area (Å²) in [6.45, 7) is 1.08. The Balaban J connectivity index is 1.95. The Hall–Kier alpha value is -1.79. The lowest BCUT2D eigenvalue weighted by molar-refractivity contribution is -0.384. The first-order valence-corrected chi connectivity index (χ1v) is 5.64. The Kier molecular flexibility index (Phi) is 4.01. The van der Waals surface area contributed by atoms with Crippen LogP contribution in [0, 0.1) is 10.1 Å². The van der Waals surface area contributed by atoms with Gasteiger partial charge in [0.05, 0.1) is 17.6 Å². The smallest absolute Gasteiger partial charge is 0.270 e. The summed E-state index contributed by atoms with van der Waals surface area (Å²) in [5.74, 6) is -0.259. The van der Waals surface area contributed by atoms with Crippen LogP contribution in [0.2, 0.25) is 0 Å². The summed E-state index contributed by atoms with van der Waals surface area (Å²) < 4.78 is 10.5. The van der Waals surface area contributed by atoms with Gasteiger partial charge in [0.25, 0.3) is 5.69 Å². The van der Waals surface area contributed by atoms with Crippen molar-refractivity contribution in [2.24, 2.45) is 0 Å². The molecular formula is C12H13NO5. The van der Waals surface area contributed by atoms with Gasteiger partial charge in [0.2, 0.25) is 0 Å². The number of benzene rings is 1. The third-order valence-corrected chi connectivity index (χ3v) is 2.72. The maximum atomic E-state index is 11.8. The van der Waals surface area contributed by atoms with E-state index in [0.29, 0.717) is 18.8 Å². The second-order valence-corrected chi connectivity index (χ2v) is 4.03. The fraction of sp³-hybridized carbons (Fsp3) is 0.417. The fourth-order valence-electron chi connectivity index (χ4n) is 1.71. The third kappa shape index (κ3) is 3.12. The van der Waals surface area contributed by atoms with E-state index < -0.39 is 4.92 Å². The van der Waals surface area contributed by atoms with Gasteiger partial charge in [-0.05, 0) is 6.42 Å². The van der Waals surface area contributed by atoms with Crippen LogP contribution < -0.4 is 0 Å². The number of rotatable bonds is 5. The highest BCUT2D eigenvalue weighted by Crippen LogP contribution is 2.14. The maximum Gasteiger partial charge on any atom is 0.270 e. The fourth-order valence-corrected chi connectivity index (χ4v) is 1.71. The molecule has 1 aromatic carbocycles. The lowest BCUT2D eigenvalue weighted by Crippen LogP contribution is -2.18. The summed E-state index contributed by atoms with van der Waals surface area (Å²) in [6.07, 6.45) is 0.732. The molecule has 96 valence electrons. The molecule has 1 aliphatic rings. The van der Waals surface area contributed by atoms with Crippen LogP contribution in [0.25, 0.3) is 0 Å². The number of carbonyl (C=O) groups excluding carboxylic acids is 1. The Morgan fingerprint density at radius 1 is 1.56 bits per heavy atom. The number of nitro groups is 1. The normalized spacial score (nSPS) is 18.8. The van der Waals surface area contributed by atoms with Gasteiger partial charge in [-0.1, -0.05) is 12.1 Å². The number of non-ortho nitro benzene ring substituents is 1. The highest BCUT2D eigenvalue weighted by Gasteiger charge is 2.18. The molecule has 18 heavy (non-hydrogen) atoms. The van der Waals surface area contributed by atoms with Gasteiger partial charge in [0, 0.05) is 24.3 Å². The number of nitro benzene ring substituents is 1. The quantitative estimate of drug-likeness (QED) is 0.451. The highest BCUT2D eigenvalue weighted by molar-refractivity contribution is 5.97. The molecule has 1 aromatic rings. The van der Waals surface area contributed by atoms with Crippen molar-refractivity contribution in [1.82, 2.24) is 0 Å². The average molecular weight is 251 g/mol. The van der Waals surface area contributed by atoms with Crippen LogP contribution in [-0.2, 0) is 9.47 Å². The number of carbonyl (C=O) groups is 1. The predicted molar refractivity (Wildman–Crippen MR) is 62.6 cm³/mol. The van der Waals surface area contributed by atoms with E-state index >= 15 is 0 Å². The monoisotopic (exact) mass is 251 g/mol. The van der Waals surface area contributed by atoms with Crippen molar-refractivity contribution in [1.29, 1.82) is 0 Å². The SMILES string of the molecule is O=C(COC1CCOC1)c1cccc([N+](=O)[O-])c1. The lowest BCUT2D eigenvalue weighted by atomic mass is 10.1. The Morgan fingerprint density at radius 2 is 2.39 bits per heavy atom. The zero-order chi connectivity index (χ0) is 13.0. The molecule has 1 atom stereocenters. The minimum absolute atomic E-state index is 0.0485. The Bertz CT molecular complexity index is 454. The zero-order valence-electron chi connectivity index (χ0n) is 9.70.